The monoisotopic (exact) mass is 576 g/mol. The summed E-state index contributed by atoms with van der Waals surface area (Å²) in [7, 11) is 0. The van der Waals surface area contributed by atoms with Gasteiger partial charge in [0, 0.05) is 63.2 Å². The highest BCUT2D eigenvalue weighted by atomic mass is 35.5. The molecule has 1 aliphatic carbocycles. The maximum Gasteiger partial charge on any atom is 0.245 e. The van der Waals surface area contributed by atoms with Crippen LogP contribution in [0.5, 0.6) is 0 Å². The van der Waals surface area contributed by atoms with Gasteiger partial charge in [-0.25, -0.2) is 0 Å². The molecule has 0 bridgehead atoms. The molecule has 0 spiro atoms. The number of allylic oxidation sites excluding steroid dienone is 1. The summed E-state index contributed by atoms with van der Waals surface area (Å²) < 4.78 is 0. The number of fused-ring (bicyclic) bond motifs is 1. The summed E-state index contributed by atoms with van der Waals surface area (Å²) in [6.45, 7) is 7.05. The van der Waals surface area contributed by atoms with Gasteiger partial charge < -0.3 is 15.5 Å². The number of amides is 2. The van der Waals surface area contributed by atoms with Crippen LogP contribution in [0.2, 0.25) is 5.02 Å². The van der Waals surface area contributed by atoms with Gasteiger partial charge in [-0.15, -0.1) is 0 Å². The Hall–Kier alpha value is -2.67. The number of nitrogens with zero attached hydrogens (tertiary/aromatic N) is 2. The van der Waals surface area contributed by atoms with Gasteiger partial charge >= 0.3 is 0 Å². The lowest BCUT2D eigenvalue weighted by molar-refractivity contribution is -0.138. The van der Waals surface area contributed by atoms with Gasteiger partial charge in [0.15, 0.2) is 0 Å². The van der Waals surface area contributed by atoms with Gasteiger partial charge in [0.25, 0.3) is 0 Å². The third kappa shape index (κ3) is 8.43. The third-order valence-corrected chi connectivity index (χ3v) is 9.31. The van der Waals surface area contributed by atoms with Crippen LogP contribution in [0, 0.1) is 5.92 Å². The number of halogens is 1. The minimum Gasteiger partial charge on any atom is -0.344 e. The van der Waals surface area contributed by atoms with Crippen LogP contribution in [0.4, 0.5) is 0 Å². The summed E-state index contributed by atoms with van der Waals surface area (Å²) in [4.78, 5) is 31.4. The van der Waals surface area contributed by atoms with Crippen molar-refractivity contribution in [2.24, 2.45) is 5.92 Å². The predicted molar refractivity (Wildman–Crippen MR) is 166 cm³/mol. The van der Waals surface area contributed by atoms with Gasteiger partial charge in [-0.3, -0.25) is 14.5 Å². The smallest absolute Gasteiger partial charge is 0.245 e. The molecule has 1 saturated heterocycles. The molecule has 1 saturated carbocycles. The van der Waals surface area contributed by atoms with Gasteiger partial charge in [-0.05, 0) is 48.1 Å². The predicted octanol–water partition coefficient (Wildman–Crippen LogP) is 5.66. The minimum atomic E-state index is -0.607. The Bertz CT molecular complexity index is 1200. The van der Waals surface area contributed by atoms with E-state index in [4.69, 9.17) is 11.6 Å². The summed E-state index contributed by atoms with van der Waals surface area (Å²) in [6.07, 6.45) is 11.3. The lowest BCUT2D eigenvalue weighted by Crippen LogP contribution is -2.55. The lowest BCUT2D eigenvalue weighted by Gasteiger charge is -2.36. The molecule has 0 aromatic heterocycles. The molecule has 6 nitrogen and oxygen atoms in total. The zero-order chi connectivity index (χ0) is 28.6. The van der Waals surface area contributed by atoms with E-state index in [1.165, 1.54) is 55.2 Å². The molecule has 3 aliphatic rings. The summed E-state index contributed by atoms with van der Waals surface area (Å²) >= 11 is 6.10. The third-order valence-electron chi connectivity index (χ3n) is 9.06. The van der Waals surface area contributed by atoms with Crippen LogP contribution in [0.1, 0.15) is 74.6 Å². The van der Waals surface area contributed by atoms with Crippen LogP contribution < -0.4 is 10.6 Å². The number of rotatable bonds is 10. The van der Waals surface area contributed by atoms with Crippen molar-refractivity contribution in [3.63, 3.8) is 0 Å². The van der Waals surface area contributed by atoms with Crippen LogP contribution in [0.25, 0.3) is 0 Å². The first-order valence-electron chi connectivity index (χ1n) is 15.5. The highest BCUT2D eigenvalue weighted by Crippen LogP contribution is 2.29. The van der Waals surface area contributed by atoms with E-state index in [9.17, 15) is 9.59 Å². The number of carbonyl (C=O) groups excluding carboxylic acids is 2. The summed E-state index contributed by atoms with van der Waals surface area (Å²) in [5.74, 6) is 0.752. The van der Waals surface area contributed by atoms with Crippen LogP contribution in [-0.2, 0) is 22.6 Å². The molecule has 2 aliphatic heterocycles. The normalized spacial score (nSPS) is 21.0. The maximum atomic E-state index is 13.8. The van der Waals surface area contributed by atoms with Crippen molar-refractivity contribution in [3.8, 4) is 0 Å². The Morgan fingerprint density at radius 3 is 2.49 bits per heavy atom. The quantitative estimate of drug-likeness (QED) is 0.358. The fourth-order valence-corrected chi connectivity index (χ4v) is 6.77. The molecule has 2 fully saturated rings. The van der Waals surface area contributed by atoms with E-state index in [2.05, 4.69) is 40.7 Å². The summed E-state index contributed by atoms with van der Waals surface area (Å²) in [5, 5.41) is 7.20. The van der Waals surface area contributed by atoms with E-state index in [-0.39, 0.29) is 17.9 Å². The first kappa shape index (κ1) is 29.8. The molecule has 2 amide bonds. The number of carbonyl (C=O) groups is 2. The molecule has 2 atom stereocenters. The Morgan fingerprint density at radius 2 is 1.73 bits per heavy atom. The zero-order valence-electron chi connectivity index (χ0n) is 24.4. The largest absolute Gasteiger partial charge is 0.344 e. The first-order chi connectivity index (χ1) is 19.9. The fraction of sp³-hybridized carbons (Fsp3) is 0.529. The molecule has 2 heterocycles. The zero-order valence-corrected chi connectivity index (χ0v) is 25.2. The van der Waals surface area contributed by atoms with Crippen molar-refractivity contribution in [1.82, 2.24) is 20.4 Å². The number of hydrogen-bond donors (Lipinski definition) is 2. The number of piperazine rings is 1. The second kappa shape index (κ2) is 14.5. The number of nitrogens with one attached hydrogen (secondary N) is 2. The maximum absolute atomic E-state index is 13.8. The van der Waals surface area contributed by atoms with Gasteiger partial charge in [0.05, 0.1) is 0 Å². The average Bonchev–Trinajstić information content (AvgIpc) is 3.40. The Balaban J connectivity index is 1.16. The number of benzene rings is 2. The van der Waals surface area contributed by atoms with E-state index in [1.807, 2.05) is 41.3 Å². The minimum absolute atomic E-state index is 0.00301. The molecule has 0 radical (unpaired) electrons. The van der Waals surface area contributed by atoms with Crippen molar-refractivity contribution in [2.75, 3.05) is 32.7 Å². The average molecular weight is 577 g/mol. The van der Waals surface area contributed by atoms with Gasteiger partial charge in [-0.1, -0.05) is 91.8 Å². The van der Waals surface area contributed by atoms with E-state index in [0.29, 0.717) is 31.0 Å². The van der Waals surface area contributed by atoms with Crippen LogP contribution in [0.3, 0.4) is 0 Å². The van der Waals surface area contributed by atoms with Crippen LogP contribution >= 0.6 is 11.6 Å². The van der Waals surface area contributed by atoms with E-state index < -0.39 is 6.04 Å². The molecular weight excluding hydrogens is 532 g/mol. The molecular formula is C34H45ClN4O2. The van der Waals surface area contributed by atoms with Gasteiger partial charge in [0.2, 0.25) is 11.8 Å². The summed E-state index contributed by atoms with van der Waals surface area (Å²) in [5.41, 5.74) is 4.88. The first-order valence-corrected chi connectivity index (χ1v) is 15.8. The highest BCUT2D eigenvalue weighted by Gasteiger charge is 2.30. The summed E-state index contributed by atoms with van der Waals surface area (Å²) in [6, 6.07) is 15.1. The fourth-order valence-electron chi connectivity index (χ4n) is 6.64. The van der Waals surface area contributed by atoms with Crippen molar-refractivity contribution in [2.45, 2.75) is 76.9 Å². The van der Waals surface area contributed by atoms with Crippen molar-refractivity contribution in [3.05, 3.63) is 81.9 Å². The van der Waals surface area contributed by atoms with Gasteiger partial charge in [-0.2, -0.15) is 0 Å². The Kier molecular flexibility index (Phi) is 10.5. The molecule has 2 N–H and O–H groups in total. The van der Waals surface area contributed by atoms with Crippen LogP contribution in [0.15, 0.2) is 60.2 Å². The van der Waals surface area contributed by atoms with Crippen LogP contribution in [-0.4, -0.2) is 60.4 Å². The van der Waals surface area contributed by atoms with Crippen molar-refractivity contribution < 1.29 is 9.59 Å². The molecule has 2 aromatic rings. The molecule has 5 rings (SSSR count). The Labute approximate surface area is 250 Å². The second-order valence-corrected chi connectivity index (χ2v) is 12.6. The Morgan fingerprint density at radius 1 is 1.00 bits per heavy atom. The molecule has 220 valence electrons. The molecule has 41 heavy (non-hydrogen) atoms. The topological polar surface area (TPSA) is 64.7 Å². The molecule has 2 aromatic carbocycles. The van der Waals surface area contributed by atoms with Gasteiger partial charge in [0.1, 0.15) is 6.04 Å². The van der Waals surface area contributed by atoms with E-state index in [0.717, 1.165) is 37.7 Å². The van der Waals surface area contributed by atoms with Crippen molar-refractivity contribution >= 4 is 23.4 Å². The number of hydrogen-bond acceptors (Lipinski definition) is 4. The van der Waals surface area contributed by atoms with E-state index in [1.54, 1.807) is 0 Å². The lowest BCUT2D eigenvalue weighted by atomic mass is 9.85. The highest BCUT2D eigenvalue weighted by molar-refractivity contribution is 6.30. The molecule has 7 heteroatoms. The van der Waals surface area contributed by atoms with Crippen molar-refractivity contribution in [1.29, 1.82) is 0 Å². The standard InChI is InChI=1S/C34H45ClN4O2/c1-25(21-26-7-3-2-4-8-26)15-16-38-17-19-39(20-18-38)34(41)32(22-27-11-13-29(35)14-12-27)37-33(40)23-31-30-10-6-5-9-28(30)24-36-31/h5-6,9-15,26,31-32,36H,2-4,7-8,16-24H2,1H3,(H,37,40). The molecule has 2 unspecified atom stereocenters. The van der Waals surface area contributed by atoms with E-state index >= 15 is 0 Å². The SMILES string of the molecule is CC(=CCN1CCN(C(=O)C(Cc2ccc(Cl)cc2)NC(=O)CC2NCc3ccccc32)CC1)CC1CCCCC1. The second-order valence-electron chi connectivity index (χ2n) is 12.2.